The Morgan fingerprint density at radius 3 is 2.70 bits per heavy atom. The second kappa shape index (κ2) is 10.2. The van der Waals surface area contributed by atoms with E-state index in [4.69, 9.17) is 19.4 Å². The minimum Gasteiger partial charge on any atom is -0.475 e. The van der Waals surface area contributed by atoms with Gasteiger partial charge in [-0.05, 0) is 38.8 Å². The largest absolute Gasteiger partial charge is 0.490 e. The summed E-state index contributed by atoms with van der Waals surface area (Å²) in [5.41, 5.74) is 0.419. The highest BCUT2D eigenvalue weighted by molar-refractivity contribution is 5.94. The van der Waals surface area contributed by atoms with Crippen LogP contribution < -0.4 is 0 Å². The number of pyridine rings is 1. The summed E-state index contributed by atoms with van der Waals surface area (Å²) in [6, 6.07) is 3.63. The fraction of sp³-hybridized carbons (Fsp3) is 0.650. The number of carbonyl (C=O) groups excluding carboxylic acids is 1. The molecule has 10 heteroatoms. The van der Waals surface area contributed by atoms with E-state index in [1.165, 1.54) is 0 Å². The molecule has 2 fully saturated rings. The maximum Gasteiger partial charge on any atom is 0.490 e. The summed E-state index contributed by atoms with van der Waals surface area (Å²) in [6.45, 7) is 6.74. The second-order valence-corrected chi connectivity index (χ2v) is 7.66. The molecule has 1 amide bonds. The van der Waals surface area contributed by atoms with Crippen molar-refractivity contribution < 1.29 is 37.3 Å². The number of ether oxygens (including phenoxy) is 2. The first-order valence-corrected chi connectivity index (χ1v) is 9.80. The molecule has 1 aliphatic heterocycles. The van der Waals surface area contributed by atoms with Crippen LogP contribution in [0.2, 0.25) is 0 Å². The molecule has 1 N–H and O–H groups in total. The number of carboxylic acid groups (broad SMARTS) is 1. The lowest BCUT2D eigenvalue weighted by Crippen LogP contribution is -2.56. The Labute approximate surface area is 173 Å². The van der Waals surface area contributed by atoms with Gasteiger partial charge in [0, 0.05) is 24.9 Å². The van der Waals surface area contributed by atoms with E-state index < -0.39 is 12.1 Å². The second-order valence-electron chi connectivity index (χ2n) is 7.66. The molecule has 7 nitrogen and oxygen atoms in total. The number of rotatable bonds is 4. The Morgan fingerprint density at radius 1 is 1.43 bits per heavy atom. The number of alkyl halides is 3. The summed E-state index contributed by atoms with van der Waals surface area (Å²) in [6.07, 6.45) is 1.73. The molecule has 0 aromatic carbocycles. The van der Waals surface area contributed by atoms with E-state index in [-0.39, 0.29) is 17.6 Å². The topological polar surface area (TPSA) is 89.0 Å². The standard InChI is InChI=1S/C18H26N2O3.C2HF3O2/c1-14(2)22-12-16-6-3-7-18(16)13-20(9-10-23-18)17(21)15-5-4-8-19-11-15;3-2(4,5)1(6)7/h4-5,8,11,14,16H,3,6-7,9-10,12-13H2,1-2H3;(H,6,7)/t16-,18+;/m1./s1. The Hall–Kier alpha value is -2.20. The molecule has 2 atom stereocenters. The molecule has 2 aliphatic rings. The van der Waals surface area contributed by atoms with Crippen molar-refractivity contribution in [2.75, 3.05) is 26.3 Å². The van der Waals surface area contributed by atoms with Crippen molar-refractivity contribution in [2.45, 2.75) is 51.0 Å². The molecular formula is C20H27F3N2O5. The molecule has 168 valence electrons. The molecule has 1 saturated heterocycles. The van der Waals surface area contributed by atoms with Crippen molar-refractivity contribution in [2.24, 2.45) is 5.92 Å². The van der Waals surface area contributed by atoms with Gasteiger partial charge in [-0.2, -0.15) is 13.2 Å². The zero-order valence-corrected chi connectivity index (χ0v) is 17.0. The number of nitrogens with zero attached hydrogens (tertiary/aromatic N) is 2. The molecule has 1 spiro atoms. The van der Waals surface area contributed by atoms with Gasteiger partial charge in [-0.3, -0.25) is 9.78 Å². The number of hydrogen-bond donors (Lipinski definition) is 1. The van der Waals surface area contributed by atoms with Crippen LogP contribution >= 0.6 is 0 Å². The zero-order valence-electron chi connectivity index (χ0n) is 17.0. The Kier molecular flexibility index (Phi) is 8.19. The number of hydrogen-bond acceptors (Lipinski definition) is 5. The number of aliphatic carboxylic acids is 1. The van der Waals surface area contributed by atoms with Gasteiger partial charge in [-0.25, -0.2) is 4.79 Å². The summed E-state index contributed by atoms with van der Waals surface area (Å²) in [7, 11) is 0. The number of carboxylic acids is 1. The van der Waals surface area contributed by atoms with Crippen molar-refractivity contribution in [3.63, 3.8) is 0 Å². The molecule has 0 unspecified atom stereocenters. The van der Waals surface area contributed by atoms with Crippen LogP contribution in [0.4, 0.5) is 13.2 Å². The quantitative estimate of drug-likeness (QED) is 0.786. The monoisotopic (exact) mass is 432 g/mol. The fourth-order valence-corrected chi connectivity index (χ4v) is 3.71. The zero-order chi connectivity index (χ0) is 22.4. The Balaban J connectivity index is 0.000000396. The molecule has 1 saturated carbocycles. The fourth-order valence-electron chi connectivity index (χ4n) is 3.71. The van der Waals surface area contributed by atoms with Crippen LogP contribution in [0, 0.1) is 5.92 Å². The van der Waals surface area contributed by atoms with Crippen LogP contribution in [0.15, 0.2) is 24.5 Å². The molecule has 30 heavy (non-hydrogen) atoms. The first-order chi connectivity index (χ1) is 14.0. The van der Waals surface area contributed by atoms with Crippen LogP contribution in [0.3, 0.4) is 0 Å². The summed E-state index contributed by atoms with van der Waals surface area (Å²) in [5.74, 6) is -2.34. The number of aromatic nitrogens is 1. The van der Waals surface area contributed by atoms with E-state index in [2.05, 4.69) is 18.8 Å². The smallest absolute Gasteiger partial charge is 0.475 e. The van der Waals surface area contributed by atoms with E-state index in [1.54, 1.807) is 18.5 Å². The van der Waals surface area contributed by atoms with Gasteiger partial charge in [0.2, 0.25) is 0 Å². The third kappa shape index (κ3) is 6.40. The summed E-state index contributed by atoms with van der Waals surface area (Å²) >= 11 is 0. The molecule has 1 aromatic heterocycles. The number of carbonyl (C=O) groups is 2. The van der Waals surface area contributed by atoms with Crippen molar-refractivity contribution >= 4 is 11.9 Å². The molecule has 0 bridgehead atoms. The minimum atomic E-state index is -5.08. The highest BCUT2D eigenvalue weighted by Gasteiger charge is 2.48. The maximum absolute atomic E-state index is 12.7. The molecule has 1 aliphatic carbocycles. The van der Waals surface area contributed by atoms with Gasteiger partial charge in [-0.1, -0.05) is 6.42 Å². The molecule has 1 aromatic rings. The van der Waals surface area contributed by atoms with Crippen molar-refractivity contribution in [1.82, 2.24) is 9.88 Å². The summed E-state index contributed by atoms with van der Waals surface area (Å²) < 4.78 is 43.8. The van der Waals surface area contributed by atoms with Crippen molar-refractivity contribution in [1.29, 1.82) is 0 Å². The number of amides is 1. The van der Waals surface area contributed by atoms with Crippen LogP contribution in [0.5, 0.6) is 0 Å². The van der Waals surface area contributed by atoms with E-state index in [0.717, 1.165) is 19.3 Å². The molecule has 2 heterocycles. The van der Waals surface area contributed by atoms with Gasteiger partial charge in [0.05, 0.1) is 37.0 Å². The van der Waals surface area contributed by atoms with Gasteiger partial charge in [0.1, 0.15) is 0 Å². The normalized spacial score (nSPS) is 23.9. The van der Waals surface area contributed by atoms with Gasteiger partial charge in [-0.15, -0.1) is 0 Å². The predicted molar refractivity (Wildman–Crippen MR) is 101 cm³/mol. The molecule has 3 rings (SSSR count). The summed E-state index contributed by atoms with van der Waals surface area (Å²) in [5, 5.41) is 7.12. The first kappa shape index (κ1) is 24.1. The maximum atomic E-state index is 12.7. The Bertz CT molecular complexity index is 714. The van der Waals surface area contributed by atoms with Crippen molar-refractivity contribution in [3.8, 4) is 0 Å². The lowest BCUT2D eigenvalue weighted by atomic mass is 9.89. The van der Waals surface area contributed by atoms with E-state index >= 15 is 0 Å². The van der Waals surface area contributed by atoms with Gasteiger partial charge < -0.3 is 19.5 Å². The van der Waals surface area contributed by atoms with E-state index in [0.29, 0.717) is 37.8 Å². The van der Waals surface area contributed by atoms with E-state index in [1.807, 2.05) is 11.0 Å². The minimum absolute atomic E-state index is 0.0520. The third-order valence-corrected chi connectivity index (χ3v) is 5.17. The van der Waals surface area contributed by atoms with Crippen LogP contribution in [0.1, 0.15) is 43.5 Å². The lowest BCUT2D eigenvalue weighted by molar-refractivity contribution is -0.192. The van der Waals surface area contributed by atoms with E-state index in [9.17, 15) is 18.0 Å². The van der Waals surface area contributed by atoms with Crippen LogP contribution in [0.25, 0.3) is 0 Å². The van der Waals surface area contributed by atoms with Crippen LogP contribution in [-0.2, 0) is 14.3 Å². The van der Waals surface area contributed by atoms with Gasteiger partial charge in [0.15, 0.2) is 0 Å². The number of halogens is 3. The first-order valence-electron chi connectivity index (χ1n) is 9.80. The molecular weight excluding hydrogens is 405 g/mol. The average molecular weight is 432 g/mol. The predicted octanol–water partition coefficient (Wildman–Crippen LogP) is 3.15. The third-order valence-electron chi connectivity index (χ3n) is 5.17. The average Bonchev–Trinajstić information content (AvgIpc) is 3.07. The molecule has 0 radical (unpaired) electrons. The highest BCUT2D eigenvalue weighted by atomic mass is 19.4. The summed E-state index contributed by atoms with van der Waals surface area (Å²) in [4.78, 5) is 27.6. The van der Waals surface area contributed by atoms with Crippen LogP contribution in [-0.4, -0.2) is 71.1 Å². The van der Waals surface area contributed by atoms with Crippen molar-refractivity contribution in [3.05, 3.63) is 30.1 Å². The van der Waals surface area contributed by atoms with Gasteiger partial charge >= 0.3 is 12.1 Å². The number of morpholine rings is 1. The van der Waals surface area contributed by atoms with Gasteiger partial charge in [0.25, 0.3) is 5.91 Å². The highest BCUT2D eigenvalue weighted by Crippen LogP contribution is 2.41. The lowest BCUT2D eigenvalue weighted by Gasteiger charge is -2.44. The SMILES string of the molecule is CC(C)OC[C@H]1CCC[C@]12CN(C(=O)c1cccnc1)CCO2.O=C(O)C(F)(F)F. The Morgan fingerprint density at radius 2 is 2.13 bits per heavy atom.